The second kappa shape index (κ2) is 1.95. The smallest absolute Gasteiger partial charge is 0.224 e. The number of carbonyl (C=O) groups is 1. The van der Waals surface area contributed by atoms with E-state index in [0.29, 0.717) is 6.04 Å². The molecule has 3 N–H and O–H groups in total. The summed E-state index contributed by atoms with van der Waals surface area (Å²) in [7, 11) is 0. The van der Waals surface area contributed by atoms with E-state index in [1.165, 1.54) is 0 Å². The third kappa shape index (κ3) is 1.14. The van der Waals surface area contributed by atoms with Crippen LogP contribution in [-0.4, -0.2) is 18.0 Å². The molecule has 0 bridgehead atoms. The standard InChI is InChI=1S/C7H12N2O/c8-6-3-5(6)7(10)9-4-1-2-4/h4-6H,1-3,8H2,(H,9,10). The highest BCUT2D eigenvalue weighted by Crippen LogP contribution is 2.29. The first kappa shape index (κ1) is 6.16. The lowest BCUT2D eigenvalue weighted by Crippen LogP contribution is -2.29. The molecular formula is C7H12N2O. The van der Waals surface area contributed by atoms with Gasteiger partial charge in [-0.1, -0.05) is 0 Å². The van der Waals surface area contributed by atoms with E-state index in [9.17, 15) is 4.79 Å². The van der Waals surface area contributed by atoms with E-state index < -0.39 is 0 Å². The molecule has 0 radical (unpaired) electrons. The highest BCUT2D eigenvalue weighted by molar-refractivity contribution is 5.82. The highest BCUT2D eigenvalue weighted by Gasteiger charge is 2.41. The largest absolute Gasteiger partial charge is 0.353 e. The van der Waals surface area contributed by atoms with Gasteiger partial charge in [0.05, 0.1) is 5.92 Å². The number of nitrogens with one attached hydrogen (secondary N) is 1. The molecule has 2 saturated carbocycles. The summed E-state index contributed by atoms with van der Waals surface area (Å²) in [5.74, 6) is 0.315. The van der Waals surface area contributed by atoms with Crippen LogP contribution in [0.4, 0.5) is 0 Å². The fourth-order valence-corrected chi connectivity index (χ4v) is 1.05. The predicted octanol–water partition coefficient (Wildman–Crippen LogP) is -0.388. The van der Waals surface area contributed by atoms with Crippen LogP contribution in [-0.2, 0) is 4.79 Å². The molecule has 2 aliphatic carbocycles. The first-order valence-corrected chi connectivity index (χ1v) is 3.83. The van der Waals surface area contributed by atoms with Crippen LogP contribution in [0.15, 0.2) is 0 Å². The van der Waals surface area contributed by atoms with E-state index in [1.807, 2.05) is 0 Å². The zero-order chi connectivity index (χ0) is 7.14. The van der Waals surface area contributed by atoms with Gasteiger partial charge in [-0.25, -0.2) is 0 Å². The maximum Gasteiger partial charge on any atom is 0.224 e. The zero-order valence-corrected chi connectivity index (χ0v) is 5.84. The van der Waals surface area contributed by atoms with Crippen LogP contribution in [0.25, 0.3) is 0 Å². The molecule has 56 valence electrons. The van der Waals surface area contributed by atoms with Gasteiger partial charge in [0, 0.05) is 12.1 Å². The summed E-state index contributed by atoms with van der Waals surface area (Å²) in [6, 6.07) is 0.638. The van der Waals surface area contributed by atoms with E-state index in [-0.39, 0.29) is 17.9 Å². The number of hydrogen-bond donors (Lipinski definition) is 2. The maximum atomic E-state index is 11.1. The van der Waals surface area contributed by atoms with Crippen LogP contribution >= 0.6 is 0 Å². The van der Waals surface area contributed by atoms with E-state index in [1.54, 1.807) is 0 Å². The Kier molecular flexibility index (Phi) is 1.20. The van der Waals surface area contributed by atoms with Gasteiger partial charge in [0.1, 0.15) is 0 Å². The fraction of sp³-hybridized carbons (Fsp3) is 0.857. The third-order valence-corrected chi connectivity index (χ3v) is 2.10. The lowest BCUT2D eigenvalue weighted by molar-refractivity contribution is -0.122. The van der Waals surface area contributed by atoms with Gasteiger partial charge in [0.25, 0.3) is 0 Å². The van der Waals surface area contributed by atoms with Gasteiger partial charge in [-0.3, -0.25) is 4.79 Å². The molecule has 10 heavy (non-hydrogen) atoms. The van der Waals surface area contributed by atoms with Crippen molar-refractivity contribution in [2.75, 3.05) is 0 Å². The molecule has 2 unspecified atom stereocenters. The molecule has 2 atom stereocenters. The summed E-state index contributed by atoms with van der Waals surface area (Å²) in [6.45, 7) is 0. The van der Waals surface area contributed by atoms with Gasteiger partial charge in [0.2, 0.25) is 5.91 Å². The topological polar surface area (TPSA) is 55.1 Å². The second-order valence-corrected chi connectivity index (χ2v) is 3.29. The number of amides is 1. The van der Waals surface area contributed by atoms with Crippen molar-refractivity contribution in [3.05, 3.63) is 0 Å². The molecular weight excluding hydrogens is 128 g/mol. The van der Waals surface area contributed by atoms with Crippen molar-refractivity contribution in [1.82, 2.24) is 5.32 Å². The molecule has 0 aliphatic heterocycles. The fourth-order valence-electron chi connectivity index (χ4n) is 1.05. The van der Waals surface area contributed by atoms with Crippen LogP contribution in [0.1, 0.15) is 19.3 Å². The second-order valence-electron chi connectivity index (χ2n) is 3.29. The van der Waals surface area contributed by atoms with Crippen molar-refractivity contribution in [3.8, 4) is 0 Å². The van der Waals surface area contributed by atoms with Gasteiger partial charge >= 0.3 is 0 Å². The van der Waals surface area contributed by atoms with Crippen molar-refractivity contribution in [2.45, 2.75) is 31.3 Å². The summed E-state index contributed by atoms with van der Waals surface area (Å²) >= 11 is 0. The van der Waals surface area contributed by atoms with Gasteiger partial charge in [-0.2, -0.15) is 0 Å². The van der Waals surface area contributed by atoms with Crippen LogP contribution in [0, 0.1) is 5.92 Å². The Hall–Kier alpha value is -0.570. The van der Waals surface area contributed by atoms with Gasteiger partial charge in [-0.05, 0) is 19.3 Å². The van der Waals surface area contributed by atoms with Gasteiger partial charge < -0.3 is 11.1 Å². The molecule has 3 nitrogen and oxygen atoms in total. The molecule has 0 heterocycles. The Morgan fingerprint density at radius 1 is 1.50 bits per heavy atom. The lowest BCUT2D eigenvalue weighted by Gasteiger charge is -1.99. The highest BCUT2D eigenvalue weighted by atomic mass is 16.2. The zero-order valence-electron chi connectivity index (χ0n) is 5.84. The summed E-state index contributed by atoms with van der Waals surface area (Å²) < 4.78 is 0. The Bertz CT molecular complexity index is 165. The Morgan fingerprint density at radius 3 is 2.50 bits per heavy atom. The summed E-state index contributed by atoms with van der Waals surface area (Å²) in [6.07, 6.45) is 3.21. The van der Waals surface area contributed by atoms with E-state index in [0.717, 1.165) is 19.3 Å². The SMILES string of the molecule is NC1CC1C(=O)NC1CC1. The molecule has 0 aromatic heterocycles. The molecule has 0 saturated heterocycles. The van der Waals surface area contributed by atoms with Crippen molar-refractivity contribution < 1.29 is 4.79 Å². The molecule has 1 amide bonds. The van der Waals surface area contributed by atoms with Crippen molar-refractivity contribution in [2.24, 2.45) is 11.7 Å². The maximum absolute atomic E-state index is 11.1. The predicted molar refractivity (Wildman–Crippen MR) is 37.2 cm³/mol. The van der Waals surface area contributed by atoms with Gasteiger partial charge in [-0.15, -0.1) is 0 Å². The minimum Gasteiger partial charge on any atom is -0.353 e. The number of carbonyl (C=O) groups excluding carboxylic acids is 1. The molecule has 3 heteroatoms. The van der Waals surface area contributed by atoms with E-state index in [2.05, 4.69) is 5.32 Å². The lowest BCUT2D eigenvalue weighted by atomic mass is 10.4. The van der Waals surface area contributed by atoms with Crippen LogP contribution in [0.2, 0.25) is 0 Å². The molecule has 2 fully saturated rings. The number of nitrogens with two attached hydrogens (primary N) is 1. The quantitative estimate of drug-likeness (QED) is 0.549. The van der Waals surface area contributed by atoms with Crippen LogP contribution in [0.3, 0.4) is 0 Å². The average molecular weight is 140 g/mol. The molecule has 2 aliphatic rings. The Labute approximate surface area is 60.0 Å². The summed E-state index contributed by atoms with van der Waals surface area (Å²) in [4.78, 5) is 11.1. The number of rotatable bonds is 2. The Morgan fingerprint density at radius 2 is 2.10 bits per heavy atom. The monoisotopic (exact) mass is 140 g/mol. The van der Waals surface area contributed by atoms with Crippen LogP contribution in [0.5, 0.6) is 0 Å². The first-order chi connectivity index (χ1) is 4.77. The van der Waals surface area contributed by atoms with Gasteiger partial charge in [0.15, 0.2) is 0 Å². The minimum atomic E-state index is 0.139. The molecule has 0 aromatic rings. The van der Waals surface area contributed by atoms with Crippen molar-refractivity contribution in [1.29, 1.82) is 0 Å². The molecule has 2 rings (SSSR count). The first-order valence-electron chi connectivity index (χ1n) is 3.83. The third-order valence-electron chi connectivity index (χ3n) is 2.10. The van der Waals surface area contributed by atoms with E-state index in [4.69, 9.17) is 5.73 Å². The normalized spacial score (nSPS) is 37.3. The summed E-state index contributed by atoms with van der Waals surface area (Å²) in [5.41, 5.74) is 5.50. The summed E-state index contributed by atoms with van der Waals surface area (Å²) in [5, 5.41) is 2.93. The Balaban J connectivity index is 1.76. The van der Waals surface area contributed by atoms with E-state index >= 15 is 0 Å². The molecule has 0 spiro atoms. The molecule has 0 aromatic carbocycles. The van der Waals surface area contributed by atoms with Crippen LogP contribution < -0.4 is 11.1 Å². The van der Waals surface area contributed by atoms with Crippen molar-refractivity contribution in [3.63, 3.8) is 0 Å². The minimum absolute atomic E-state index is 0.139. The number of hydrogen-bond acceptors (Lipinski definition) is 2. The van der Waals surface area contributed by atoms with Crippen molar-refractivity contribution >= 4 is 5.91 Å². The average Bonchev–Trinajstić information content (AvgIpc) is 2.66.